The van der Waals surface area contributed by atoms with Crippen molar-refractivity contribution in [2.75, 3.05) is 5.32 Å². The van der Waals surface area contributed by atoms with Crippen LogP contribution in [-0.2, 0) is 17.9 Å². The number of nitrogens with one attached hydrogen (secondary N) is 1. The van der Waals surface area contributed by atoms with E-state index < -0.39 is 12.3 Å². The molecular formula is C19H20F2N6O. The van der Waals surface area contributed by atoms with Crippen molar-refractivity contribution in [1.29, 1.82) is 0 Å². The van der Waals surface area contributed by atoms with Gasteiger partial charge in [0.25, 0.3) is 6.43 Å². The summed E-state index contributed by atoms with van der Waals surface area (Å²) in [6, 6.07) is 9.40. The first-order chi connectivity index (χ1) is 13.5. The molecule has 0 atom stereocenters. The average Bonchev–Trinajstić information content (AvgIpc) is 3.28. The molecule has 1 saturated carbocycles. The van der Waals surface area contributed by atoms with Gasteiger partial charge in [0.15, 0.2) is 0 Å². The highest BCUT2D eigenvalue weighted by Crippen LogP contribution is 2.40. The third-order valence-electron chi connectivity index (χ3n) is 4.60. The molecule has 1 aliphatic rings. The maximum Gasteiger partial charge on any atom is 0.280 e. The van der Waals surface area contributed by atoms with Gasteiger partial charge in [0, 0.05) is 5.92 Å². The molecule has 0 spiro atoms. The molecule has 28 heavy (non-hydrogen) atoms. The molecule has 146 valence electrons. The number of carbonyl (C=O) groups excluding carboxylic acids is 1. The largest absolute Gasteiger partial charge is 0.292 e. The highest BCUT2D eigenvalue weighted by molar-refractivity contribution is 5.88. The molecular weight excluding hydrogens is 366 g/mol. The van der Waals surface area contributed by atoms with Crippen molar-refractivity contribution in [1.82, 2.24) is 24.5 Å². The van der Waals surface area contributed by atoms with Crippen molar-refractivity contribution < 1.29 is 13.6 Å². The predicted molar refractivity (Wildman–Crippen MR) is 98.1 cm³/mol. The van der Waals surface area contributed by atoms with Gasteiger partial charge in [-0.05, 0) is 31.4 Å². The Morgan fingerprint density at radius 1 is 1.25 bits per heavy atom. The Labute approximate surface area is 160 Å². The Morgan fingerprint density at radius 3 is 2.68 bits per heavy atom. The van der Waals surface area contributed by atoms with E-state index in [1.54, 1.807) is 4.68 Å². The van der Waals surface area contributed by atoms with Crippen molar-refractivity contribution in [3.05, 3.63) is 59.2 Å². The van der Waals surface area contributed by atoms with Crippen LogP contribution in [0.15, 0.2) is 36.7 Å². The zero-order chi connectivity index (χ0) is 19.7. The Hall–Kier alpha value is -3.10. The fourth-order valence-corrected chi connectivity index (χ4v) is 2.94. The highest BCUT2D eigenvalue weighted by atomic mass is 19.3. The Kier molecular flexibility index (Phi) is 4.89. The number of carbonyl (C=O) groups is 1. The van der Waals surface area contributed by atoms with Gasteiger partial charge in [-0.2, -0.15) is 5.10 Å². The first kappa shape index (κ1) is 18.3. The molecule has 0 aliphatic heterocycles. The maximum atomic E-state index is 13.2. The molecule has 1 fully saturated rings. The lowest BCUT2D eigenvalue weighted by Crippen LogP contribution is -2.22. The standard InChI is InChI=1S/C19H20F2N6O/c1-12-2-4-13(5-3-12)9-26-11-22-19(25-26)23-17(28)10-27-16(18(20)21)8-15(24-27)14-6-7-14/h2-5,8,11,14,18H,6-7,9-10H2,1H3,(H,23,25,28). The van der Waals surface area contributed by atoms with Crippen LogP contribution in [-0.4, -0.2) is 30.5 Å². The molecule has 2 heterocycles. The summed E-state index contributed by atoms with van der Waals surface area (Å²) >= 11 is 0. The predicted octanol–water partition coefficient (Wildman–Crippen LogP) is 3.29. The van der Waals surface area contributed by atoms with Crippen LogP contribution in [0.2, 0.25) is 0 Å². The summed E-state index contributed by atoms with van der Waals surface area (Å²) in [5.74, 6) is -0.133. The second-order valence-electron chi connectivity index (χ2n) is 7.03. The number of alkyl halides is 2. The van der Waals surface area contributed by atoms with E-state index in [0.29, 0.717) is 12.2 Å². The summed E-state index contributed by atoms with van der Waals surface area (Å²) in [6.07, 6.45) is 0.737. The number of benzene rings is 1. The Bertz CT molecular complexity index is 975. The van der Waals surface area contributed by atoms with Crippen molar-refractivity contribution in [3.63, 3.8) is 0 Å². The van der Waals surface area contributed by atoms with E-state index in [4.69, 9.17) is 0 Å². The van der Waals surface area contributed by atoms with E-state index in [-0.39, 0.29) is 24.1 Å². The number of halogens is 2. The minimum absolute atomic E-state index is 0.130. The summed E-state index contributed by atoms with van der Waals surface area (Å²) in [5, 5.41) is 10.9. The summed E-state index contributed by atoms with van der Waals surface area (Å²) < 4.78 is 29.1. The molecule has 1 amide bonds. The van der Waals surface area contributed by atoms with Crippen LogP contribution in [0.25, 0.3) is 0 Å². The molecule has 0 bridgehead atoms. The van der Waals surface area contributed by atoms with Gasteiger partial charge < -0.3 is 0 Å². The van der Waals surface area contributed by atoms with Crippen LogP contribution in [0.5, 0.6) is 0 Å². The SMILES string of the molecule is Cc1ccc(Cn2cnc(NC(=O)Cn3nc(C4CC4)cc3C(F)F)n2)cc1. The third-order valence-corrected chi connectivity index (χ3v) is 4.60. The first-order valence-electron chi connectivity index (χ1n) is 9.08. The molecule has 3 aromatic rings. The monoisotopic (exact) mass is 386 g/mol. The molecule has 0 unspecified atom stereocenters. The van der Waals surface area contributed by atoms with Gasteiger partial charge in [-0.15, -0.1) is 5.10 Å². The molecule has 9 heteroatoms. The highest BCUT2D eigenvalue weighted by Gasteiger charge is 2.29. The van der Waals surface area contributed by atoms with Crippen LogP contribution in [0.1, 0.15) is 47.7 Å². The zero-order valence-corrected chi connectivity index (χ0v) is 15.3. The number of anilines is 1. The minimum atomic E-state index is -2.68. The minimum Gasteiger partial charge on any atom is -0.292 e. The van der Waals surface area contributed by atoms with Crippen LogP contribution in [0.4, 0.5) is 14.7 Å². The lowest BCUT2D eigenvalue weighted by Gasteiger charge is -2.06. The third kappa shape index (κ3) is 4.24. The fourth-order valence-electron chi connectivity index (χ4n) is 2.94. The Balaban J connectivity index is 1.39. The number of hydrogen-bond acceptors (Lipinski definition) is 4. The lowest BCUT2D eigenvalue weighted by atomic mass is 10.1. The number of aromatic nitrogens is 5. The van der Waals surface area contributed by atoms with Gasteiger partial charge >= 0.3 is 0 Å². The van der Waals surface area contributed by atoms with Crippen molar-refractivity contribution in [2.24, 2.45) is 0 Å². The lowest BCUT2D eigenvalue weighted by molar-refractivity contribution is -0.117. The quantitative estimate of drug-likeness (QED) is 0.676. The smallest absolute Gasteiger partial charge is 0.280 e. The molecule has 7 nitrogen and oxygen atoms in total. The average molecular weight is 386 g/mol. The van der Waals surface area contributed by atoms with Gasteiger partial charge in [-0.25, -0.2) is 18.4 Å². The van der Waals surface area contributed by atoms with E-state index in [0.717, 1.165) is 23.1 Å². The van der Waals surface area contributed by atoms with E-state index in [1.807, 2.05) is 31.2 Å². The topological polar surface area (TPSA) is 77.6 Å². The number of aryl methyl sites for hydroxylation is 1. The van der Waals surface area contributed by atoms with Gasteiger partial charge in [0.2, 0.25) is 11.9 Å². The van der Waals surface area contributed by atoms with Crippen LogP contribution < -0.4 is 5.32 Å². The zero-order valence-electron chi connectivity index (χ0n) is 15.3. The molecule has 2 aromatic heterocycles. The molecule has 4 rings (SSSR count). The maximum absolute atomic E-state index is 13.2. The summed E-state index contributed by atoms with van der Waals surface area (Å²) in [7, 11) is 0. The molecule has 1 aliphatic carbocycles. The second-order valence-corrected chi connectivity index (χ2v) is 7.03. The molecule has 0 saturated heterocycles. The molecule has 0 radical (unpaired) electrons. The summed E-state index contributed by atoms with van der Waals surface area (Å²) in [6.45, 7) is 2.22. The van der Waals surface area contributed by atoms with Crippen molar-refractivity contribution >= 4 is 11.9 Å². The van der Waals surface area contributed by atoms with E-state index in [1.165, 1.54) is 18.0 Å². The van der Waals surface area contributed by atoms with Crippen molar-refractivity contribution in [3.8, 4) is 0 Å². The van der Waals surface area contributed by atoms with Crippen LogP contribution >= 0.6 is 0 Å². The Morgan fingerprint density at radius 2 is 2.00 bits per heavy atom. The normalized spacial score (nSPS) is 13.9. The van der Waals surface area contributed by atoms with Gasteiger partial charge in [-0.3, -0.25) is 14.8 Å². The fraction of sp³-hybridized carbons (Fsp3) is 0.368. The number of rotatable bonds is 7. The second kappa shape index (κ2) is 7.49. The van der Waals surface area contributed by atoms with Gasteiger partial charge in [0.05, 0.1) is 12.2 Å². The van der Waals surface area contributed by atoms with E-state index >= 15 is 0 Å². The van der Waals surface area contributed by atoms with Gasteiger partial charge in [-0.1, -0.05) is 29.8 Å². The summed E-state index contributed by atoms with van der Waals surface area (Å²) in [4.78, 5) is 16.3. The summed E-state index contributed by atoms with van der Waals surface area (Å²) in [5.41, 5.74) is 2.61. The number of hydrogen-bond donors (Lipinski definition) is 1. The molecule has 1 N–H and O–H groups in total. The van der Waals surface area contributed by atoms with Crippen molar-refractivity contribution in [2.45, 2.75) is 45.2 Å². The van der Waals surface area contributed by atoms with Gasteiger partial charge in [0.1, 0.15) is 18.6 Å². The van der Waals surface area contributed by atoms with E-state index in [9.17, 15) is 13.6 Å². The van der Waals surface area contributed by atoms with E-state index in [2.05, 4.69) is 20.5 Å². The molecule has 1 aromatic carbocycles. The number of nitrogens with zero attached hydrogens (tertiary/aromatic N) is 5. The number of amides is 1. The van der Waals surface area contributed by atoms with Crippen LogP contribution in [0.3, 0.4) is 0 Å². The van der Waals surface area contributed by atoms with Crippen LogP contribution in [0, 0.1) is 6.92 Å². The first-order valence-corrected chi connectivity index (χ1v) is 9.08.